The molecule has 0 aromatic rings. The third kappa shape index (κ3) is 4.62. The highest BCUT2D eigenvalue weighted by molar-refractivity contribution is 5.81. The summed E-state index contributed by atoms with van der Waals surface area (Å²) in [6.45, 7) is 6.84. The summed E-state index contributed by atoms with van der Waals surface area (Å²) in [5.74, 6) is 0.113. The Hall–Kier alpha value is -0.610. The number of carbonyl (C=O) groups is 1. The number of piperidine rings is 1. The summed E-state index contributed by atoms with van der Waals surface area (Å²) in [6.07, 6.45) is 3.35. The van der Waals surface area contributed by atoms with Gasteiger partial charge in [-0.3, -0.25) is 4.79 Å². The monoisotopic (exact) mass is 213 g/mol. The van der Waals surface area contributed by atoms with Crippen molar-refractivity contribution in [1.82, 2.24) is 16.0 Å². The number of rotatable bonds is 5. The second-order valence-corrected chi connectivity index (χ2v) is 4.22. The van der Waals surface area contributed by atoms with Crippen LogP contribution in [0.3, 0.4) is 0 Å². The van der Waals surface area contributed by atoms with Crippen molar-refractivity contribution in [2.75, 3.05) is 19.6 Å². The van der Waals surface area contributed by atoms with E-state index in [2.05, 4.69) is 22.9 Å². The highest BCUT2D eigenvalue weighted by atomic mass is 16.2. The number of amides is 1. The molecule has 2 atom stereocenters. The van der Waals surface area contributed by atoms with Gasteiger partial charge in [0.15, 0.2) is 0 Å². The van der Waals surface area contributed by atoms with Crippen LogP contribution in [0.15, 0.2) is 0 Å². The van der Waals surface area contributed by atoms with E-state index in [-0.39, 0.29) is 11.9 Å². The molecule has 0 bridgehead atoms. The maximum atomic E-state index is 11.6. The first-order valence-corrected chi connectivity index (χ1v) is 5.98. The summed E-state index contributed by atoms with van der Waals surface area (Å²) in [6, 6.07) is 0.363. The molecule has 1 amide bonds. The summed E-state index contributed by atoms with van der Waals surface area (Å²) < 4.78 is 0. The summed E-state index contributed by atoms with van der Waals surface area (Å²) >= 11 is 0. The van der Waals surface area contributed by atoms with E-state index >= 15 is 0 Å². The van der Waals surface area contributed by atoms with Gasteiger partial charge < -0.3 is 16.0 Å². The van der Waals surface area contributed by atoms with Crippen LogP contribution >= 0.6 is 0 Å². The van der Waals surface area contributed by atoms with Gasteiger partial charge in [-0.25, -0.2) is 0 Å². The Morgan fingerprint density at radius 3 is 3.00 bits per heavy atom. The first-order chi connectivity index (χ1) is 7.24. The fourth-order valence-corrected chi connectivity index (χ4v) is 1.82. The highest BCUT2D eigenvalue weighted by Crippen LogP contribution is 2.02. The van der Waals surface area contributed by atoms with Crippen LogP contribution in [0, 0.1) is 0 Å². The third-order valence-electron chi connectivity index (χ3n) is 2.73. The highest BCUT2D eigenvalue weighted by Gasteiger charge is 2.18. The fourth-order valence-electron chi connectivity index (χ4n) is 1.82. The Kier molecular flexibility index (Phi) is 5.65. The SMILES string of the molecule is CCCNC(=O)C(C)NC1CCCNC1. The first-order valence-electron chi connectivity index (χ1n) is 5.98. The summed E-state index contributed by atoms with van der Waals surface area (Å²) in [5, 5.41) is 9.58. The topological polar surface area (TPSA) is 53.2 Å². The van der Waals surface area contributed by atoms with Crippen molar-refractivity contribution in [2.45, 2.75) is 45.2 Å². The lowest BCUT2D eigenvalue weighted by Crippen LogP contribution is -2.51. The molecule has 1 rings (SSSR count). The van der Waals surface area contributed by atoms with E-state index in [0.29, 0.717) is 6.04 Å². The lowest BCUT2D eigenvalue weighted by Gasteiger charge is -2.26. The van der Waals surface area contributed by atoms with Crippen molar-refractivity contribution in [2.24, 2.45) is 0 Å². The summed E-state index contributed by atoms with van der Waals surface area (Å²) in [4.78, 5) is 11.6. The standard InChI is InChI=1S/C11H23N3O/c1-3-6-13-11(15)9(2)14-10-5-4-7-12-8-10/h9-10,12,14H,3-8H2,1-2H3,(H,13,15). The molecule has 15 heavy (non-hydrogen) atoms. The van der Waals surface area contributed by atoms with Crippen molar-refractivity contribution in [3.05, 3.63) is 0 Å². The van der Waals surface area contributed by atoms with E-state index < -0.39 is 0 Å². The second kappa shape index (κ2) is 6.80. The molecule has 0 radical (unpaired) electrons. The van der Waals surface area contributed by atoms with Crippen LogP contribution in [0.5, 0.6) is 0 Å². The zero-order chi connectivity index (χ0) is 11.1. The van der Waals surface area contributed by atoms with Gasteiger partial charge in [0, 0.05) is 19.1 Å². The minimum atomic E-state index is -0.0820. The average molecular weight is 213 g/mol. The van der Waals surface area contributed by atoms with Crippen LogP contribution in [-0.2, 0) is 4.79 Å². The molecule has 0 spiro atoms. The quantitative estimate of drug-likeness (QED) is 0.613. The molecule has 0 aromatic heterocycles. The van der Waals surface area contributed by atoms with Gasteiger partial charge in [-0.2, -0.15) is 0 Å². The molecule has 88 valence electrons. The van der Waals surface area contributed by atoms with Gasteiger partial charge in [-0.1, -0.05) is 6.92 Å². The van der Waals surface area contributed by atoms with Crippen LogP contribution in [0.25, 0.3) is 0 Å². The molecule has 0 aromatic carbocycles. The Morgan fingerprint density at radius 2 is 2.40 bits per heavy atom. The van der Waals surface area contributed by atoms with Gasteiger partial charge in [0.05, 0.1) is 6.04 Å². The predicted molar refractivity (Wildman–Crippen MR) is 61.8 cm³/mol. The largest absolute Gasteiger partial charge is 0.355 e. The van der Waals surface area contributed by atoms with Crippen molar-refractivity contribution < 1.29 is 4.79 Å². The molecule has 4 nitrogen and oxygen atoms in total. The van der Waals surface area contributed by atoms with Gasteiger partial charge in [0.2, 0.25) is 5.91 Å². The van der Waals surface area contributed by atoms with E-state index in [9.17, 15) is 4.79 Å². The van der Waals surface area contributed by atoms with Crippen LogP contribution in [0.2, 0.25) is 0 Å². The summed E-state index contributed by atoms with van der Waals surface area (Å²) in [7, 11) is 0. The first kappa shape index (κ1) is 12.5. The molecular formula is C11H23N3O. The number of hydrogen-bond acceptors (Lipinski definition) is 3. The van der Waals surface area contributed by atoms with E-state index in [1.165, 1.54) is 12.8 Å². The Bertz CT molecular complexity index is 190. The van der Waals surface area contributed by atoms with Crippen LogP contribution in [0.1, 0.15) is 33.1 Å². The predicted octanol–water partition coefficient (Wildman–Crippen LogP) is 0.243. The smallest absolute Gasteiger partial charge is 0.236 e. The van der Waals surface area contributed by atoms with Crippen molar-refractivity contribution >= 4 is 5.91 Å². The number of hydrogen-bond donors (Lipinski definition) is 3. The zero-order valence-electron chi connectivity index (χ0n) is 9.81. The van der Waals surface area contributed by atoms with Gasteiger partial charge >= 0.3 is 0 Å². The van der Waals surface area contributed by atoms with Crippen LogP contribution in [0.4, 0.5) is 0 Å². The van der Waals surface area contributed by atoms with E-state index in [1.54, 1.807) is 0 Å². The molecular weight excluding hydrogens is 190 g/mol. The number of nitrogens with one attached hydrogen (secondary N) is 3. The van der Waals surface area contributed by atoms with Crippen molar-refractivity contribution in [1.29, 1.82) is 0 Å². The van der Waals surface area contributed by atoms with Crippen molar-refractivity contribution in [3.63, 3.8) is 0 Å². The van der Waals surface area contributed by atoms with Gasteiger partial charge in [0.1, 0.15) is 0 Å². The molecule has 1 heterocycles. The Balaban J connectivity index is 2.20. The molecule has 1 saturated heterocycles. The second-order valence-electron chi connectivity index (χ2n) is 4.22. The molecule has 1 fully saturated rings. The molecule has 1 aliphatic heterocycles. The molecule has 3 N–H and O–H groups in total. The maximum absolute atomic E-state index is 11.6. The van der Waals surface area contributed by atoms with Crippen LogP contribution < -0.4 is 16.0 Å². The molecule has 2 unspecified atom stereocenters. The van der Waals surface area contributed by atoms with Crippen LogP contribution in [-0.4, -0.2) is 37.6 Å². The Labute approximate surface area is 92.2 Å². The van der Waals surface area contributed by atoms with Gasteiger partial charge in [-0.15, -0.1) is 0 Å². The molecule has 0 aliphatic carbocycles. The van der Waals surface area contributed by atoms with E-state index in [4.69, 9.17) is 0 Å². The zero-order valence-corrected chi connectivity index (χ0v) is 9.81. The Morgan fingerprint density at radius 1 is 1.60 bits per heavy atom. The average Bonchev–Trinajstić information content (AvgIpc) is 2.27. The third-order valence-corrected chi connectivity index (χ3v) is 2.73. The lowest BCUT2D eigenvalue weighted by atomic mass is 10.1. The van der Waals surface area contributed by atoms with Crippen molar-refractivity contribution in [3.8, 4) is 0 Å². The van der Waals surface area contributed by atoms with Gasteiger partial charge in [0.25, 0.3) is 0 Å². The molecule has 4 heteroatoms. The molecule has 0 saturated carbocycles. The number of carbonyl (C=O) groups excluding carboxylic acids is 1. The minimum Gasteiger partial charge on any atom is -0.355 e. The maximum Gasteiger partial charge on any atom is 0.236 e. The fraction of sp³-hybridized carbons (Fsp3) is 0.909. The normalized spacial score (nSPS) is 23.5. The van der Waals surface area contributed by atoms with Gasteiger partial charge in [-0.05, 0) is 32.7 Å². The van der Waals surface area contributed by atoms with E-state index in [1.807, 2.05) is 6.92 Å². The minimum absolute atomic E-state index is 0.0820. The lowest BCUT2D eigenvalue weighted by molar-refractivity contribution is -0.122. The van der Waals surface area contributed by atoms with E-state index in [0.717, 1.165) is 26.1 Å². The molecule has 1 aliphatic rings. The summed E-state index contributed by atoms with van der Waals surface area (Å²) in [5.41, 5.74) is 0.